The Morgan fingerprint density at radius 3 is 2.06 bits per heavy atom. The van der Waals surface area contributed by atoms with Crippen molar-refractivity contribution in [3.05, 3.63) is 17.7 Å². The Labute approximate surface area is 213 Å². The van der Waals surface area contributed by atoms with Gasteiger partial charge < -0.3 is 30.6 Å². The first kappa shape index (κ1) is 27.6. The number of primary amides is 2. The largest absolute Gasteiger partial charge is 0.493 e. The Morgan fingerprint density at radius 2 is 1.58 bits per heavy atom. The molecule has 3 amide bonds. The van der Waals surface area contributed by atoms with Gasteiger partial charge in [0.2, 0.25) is 23.5 Å². The van der Waals surface area contributed by atoms with E-state index in [2.05, 4.69) is 0 Å². The summed E-state index contributed by atoms with van der Waals surface area (Å²) in [5.41, 5.74) is 11.1. The molecule has 4 N–H and O–H groups in total. The molecule has 0 bridgehead atoms. The maximum absolute atomic E-state index is 14.6. The predicted octanol–water partition coefficient (Wildman–Crippen LogP) is 3.12. The lowest BCUT2D eigenvalue weighted by molar-refractivity contribution is -0.159. The summed E-state index contributed by atoms with van der Waals surface area (Å²) in [5, 5.41) is 0. The van der Waals surface area contributed by atoms with E-state index in [-0.39, 0.29) is 11.8 Å². The van der Waals surface area contributed by atoms with Crippen LogP contribution in [0.25, 0.3) is 0 Å². The molecular formula is C27H41N3O6. The summed E-state index contributed by atoms with van der Waals surface area (Å²) in [6.07, 6.45) is 7.01. The van der Waals surface area contributed by atoms with Crippen molar-refractivity contribution in [3.63, 3.8) is 0 Å². The first-order valence-electron chi connectivity index (χ1n) is 13.0. The fourth-order valence-electron chi connectivity index (χ4n) is 6.40. The van der Waals surface area contributed by atoms with Crippen LogP contribution >= 0.6 is 0 Å². The van der Waals surface area contributed by atoms with Gasteiger partial charge in [0.15, 0.2) is 11.5 Å². The molecule has 1 aromatic rings. The minimum Gasteiger partial charge on any atom is -0.493 e. The number of rotatable bonds is 10. The highest BCUT2D eigenvalue weighted by atomic mass is 16.5. The highest BCUT2D eigenvalue weighted by Gasteiger charge is 2.55. The molecular weight excluding hydrogens is 462 g/mol. The third kappa shape index (κ3) is 4.97. The zero-order valence-electron chi connectivity index (χ0n) is 22.0. The number of ether oxygens (including phenoxy) is 3. The van der Waals surface area contributed by atoms with Crippen LogP contribution in [0.3, 0.4) is 0 Å². The number of methoxy groups -OCH3 is 3. The van der Waals surface area contributed by atoms with Crippen molar-refractivity contribution in [3.8, 4) is 17.2 Å². The molecule has 1 unspecified atom stereocenters. The molecule has 3 atom stereocenters. The van der Waals surface area contributed by atoms with E-state index in [0.717, 1.165) is 44.1 Å². The molecule has 2 aliphatic rings. The topological polar surface area (TPSA) is 134 Å². The van der Waals surface area contributed by atoms with E-state index in [0.29, 0.717) is 43.1 Å². The minimum atomic E-state index is -1.44. The number of carbonyl (C=O) groups is 3. The highest BCUT2D eigenvalue weighted by Crippen LogP contribution is 2.46. The van der Waals surface area contributed by atoms with Crippen LogP contribution in [0.2, 0.25) is 0 Å². The van der Waals surface area contributed by atoms with Crippen LogP contribution in [0.1, 0.15) is 76.2 Å². The van der Waals surface area contributed by atoms with E-state index in [1.807, 2.05) is 12.1 Å². The number of hydrogen-bond acceptors (Lipinski definition) is 6. The van der Waals surface area contributed by atoms with Crippen molar-refractivity contribution in [1.82, 2.24) is 4.90 Å². The molecule has 1 heterocycles. The molecule has 36 heavy (non-hydrogen) atoms. The summed E-state index contributed by atoms with van der Waals surface area (Å²) < 4.78 is 16.7. The molecule has 1 aliphatic carbocycles. The second-order valence-electron chi connectivity index (χ2n) is 9.93. The molecule has 9 nitrogen and oxygen atoms in total. The summed E-state index contributed by atoms with van der Waals surface area (Å²) in [6.45, 7) is 2.15. The first-order valence-corrected chi connectivity index (χ1v) is 13.0. The van der Waals surface area contributed by atoms with Gasteiger partial charge in [-0.1, -0.05) is 26.2 Å². The zero-order valence-corrected chi connectivity index (χ0v) is 22.0. The number of piperidine rings is 1. The standard InChI is InChI=1S/C27H41N3O6/c1-5-19(24(28)31)27(26(29)33)13-9-10-14-30(27)25(32)22(17-11-7-6-8-12-17)18-15-20(34-2)23(36-4)21(16-18)35-3/h15-17,19,22H,5-14H2,1-4H3,(H2,28,31)(H2,29,33)/t19-,22+,27?/m1/s1. The Hall–Kier alpha value is -2.97. The number of hydrogen-bond donors (Lipinski definition) is 2. The maximum atomic E-state index is 14.6. The number of carbonyl (C=O) groups excluding carboxylic acids is 3. The number of amides is 3. The molecule has 1 saturated carbocycles. The number of benzene rings is 1. The Balaban J connectivity index is 2.18. The second kappa shape index (κ2) is 11.8. The predicted molar refractivity (Wildman–Crippen MR) is 136 cm³/mol. The van der Waals surface area contributed by atoms with Gasteiger partial charge in [-0.3, -0.25) is 14.4 Å². The quantitative estimate of drug-likeness (QED) is 0.504. The smallest absolute Gasteiger partial charge is 0.244 e. The van der Waals surface area contributed by atoms with Crippen LogP contribution in [-0.4, -0.2) is 56.0 Å². The minimum absolute atomic E-state index is 0.0650. The molecule has 1 saturated heterocycles. The van der Waals surface area contributed by atoms with Gasteiger partial charge in [0, 0.05) is 6.54 Å². The van der Waals surface area contributed by atoms with Crippen molar-refractivity contribution in [1.29, 1.82) is 0 Å². The molecule has 9 heteroatoms. The van der Waals surface area contributed by atoms with Crippen molar-refractivity contribution in [2.24, 2.45) is 23.3 Å². The van der Waals surface area contributed by atoms with Crippen LogP contribution in [-0.2, 0) is 14.4 Å². The lowest BCUT2D eigenvalue weighted by Gasteiger charge is -2.50. The van der Waals surface area contributed by atoms with E-state index in [1.165, 1.54) is 7.11 Å². The average molecular weight is 504 g/mol. The molecule has 2 fully saturated rings. The van der Waals surface area contributed by atoms with Gasteiger partial charge in [0.1, 0.15) is 5.54 Å². The second-order valence-corrected chi connectivity index (χ2v) is 9.93. The van der Waals surface area contributed by atoms with Gasteiger partial charge >= 0.3 is 0 Å². The normalized spacial score (nSPS) is 22.4. The fraction of sp³-hybridized carbons (Fsp3) is 0.667. The van der Waals surface area contributed by atoms with Crippen LogP contribution in [0.5, 0.6) is 17.2 Å². The lowest BCUT2D eigenvalue weighted by Crippen LogP contribution is -2.68. The van der Waals surface area contributed by atoms with E-state index in [1.54, 1.807) is 26.0 Å². The molecule has 3 rings (SSSR count). The monoisotopic (exact) mass is 503 g/mol. The van der Waals surface area contributed by atoms with Gasteiger partial charge in [0.05, 0.1) is 33.2 Å². The first-order chi connectivity index (χ1) is 17.3. The maximum Gasteiger partial charge on any atom is 0.244 e. The summed E-state index contributed by atoms with van der Waals surface area (Å²) in [5.74, 6) is -1.46. The van der Waals surface area contributed by atoms with Gasteiger partial charge in [-0.2, -0.15) is 0 Å². The van der Waals surface area contributed by atoms with E-state index in [9.17, 15) is 14.4 Å². The molecule has 0 spiro atoms. The van der Waals surface area contributed by atoms with Gasteiger partial charge in [-0.05, 0) is 62.1 Å². The summed E-state index contributed by atoms with van der Waals surface area (Å²) in [7, 11) is 4.62. The molecule has 0 radical (unpaired) electrons. The van der Waals surface area contributed by atoms with E-state index in [4.69, 9.17) is 25.7 Å². The van der Waals surface area contributed by atoms with Gasteiger partial charge in [0.25, 0.3) is 0 Å². The fourth-order valence-corrected chi connectivity index (χ4v) is 6.40. The van der Waals surface area contributed by atoms with E-state index < -0.39 is 29.2 Å². The Morgan fingerprint density at radius 1 is 0.972 bits per heavy atom. The lowest BCUT2D eigenvalue weighted by atomic mass is 9.71. The molecule has 200 valence electrons. The number of nitrogens with two attached hydrogens (primary N) is 2. The SMILES string of the molecule is CC[C@H](C(N)=O)C1(C(N)=O)CCCCN1C(=O)[C@H](c1cc(OC)c(OC)c(OC)c1)C1CCCCC1. The Kier molecular flexibility index (Phi) is 9.08. The van der Waals surface area contributed by atoms with Crippen LogP contribution in [0, 0.1) is 11.8 Å². The van der Waals surface area contributed by atoms with E-state index >= 15 is 0 Å². The van der Waals surface area contributed by atoms with Crippen molar-refractivity contribution in [2.75, 3.05) is 27.9 Å². The average Bonchev–Trinajstić information content (AvgIpc) is 2.88. The van der Waals surface area contributed by atoms with Crippen LogP contribution in [0.15, 0.2) is 12.1 Å². The molecule has 0 aromatic heterocycles. The van der Waals surface area contributed by atoms with Crippen molar-refractivity contribution < 1.29 is 28.6 Å². The summed E-state index contributed by atoms with van der Waals surface area (Å²) in [4.78, 5) is 41.7. The van der Waals surface area contributed by atoms with Crippen molar-refractivity contribution in [2.45, 2.75) is 76.2 Å². The number of nitrogens with zero attached hydrogens (tertiary/aromatic N) is 1. The molecule has 1 aliphatic heterocycles. The number of likely N-dealkylation sites (tertiary alicyclic amines) is 1. The highest BCUT2D eigenvalue weighted by molar-refractivity contribution is 5.97. The zero-order chi connectivity index (χ0) is 26.5. The van der Waals surface area contributed by atoms with Crippen LogP contribution in [0.4, 0.5) is 0 Å². The third-order valence-corrected chi connectivity index (χ3v) is 8.13. The van der Waals surface area contributed by atoms with Gasteiger partial charge in [-0.15, -0.1) is 0 Å². The van der Waals surface area contributed by atoms with Crippen LogP contribution < -0.4 is 25.7 Å². The van der Waals surface area contributed by atoms with Gasteiger partial charge in [-0.25, -0.2) is 0 Å². The van der Waals surface area contributed by atoms with Crippen molar-refractivity contribution >= 4 is 17.7 Å². The Bertz CT molecular complexity index is 936. The summed E-state index contributed by atoms with van der Waals surface area (Å²) in [6, 6.07) is 3.64. The molecule has 1 aromatic carbocycles. The third-order valence-electron chi connectivity index (χ3n) is 8.13. The summed E-state index contributed by atoms with van der Waals surface area (Å²) >= 11 is 0.